The monoisotopic (exact) mass is 301 g/mol. The van der Waals surface area contributed by atoms with Gasteiger partial charge in [0.2, 0.25) is 5.88 Å². The minimum atomic E-state index is 0.227. The molecule has 1 atom stereocenters. The predicted molar refractivity (Wildman–Crippen MR) is 87.1 cm³/mol. The van der Waals surface area contributed by atoms with Crippen molar-refractivity contribution in [2.75, 3.05) is 27.2 Å². The molecule has 0 saturated heterocycles. The number of phenols is 1. The first-order valence-corrected chi connectivity index (χ1v) is 7.36. The molecule has 0 saturated carbocycles. The molecule has 0 bridgehead atoms. The fraction of sp³-hybridized carbons (Fsp3) is 0.412. The number of hydrogen-bond donors (Lipinski definition) is 1. The lowest BCUT2D eigenvalue weighted by Gasteiger charge is -2.17. The predicted octanol–water partition coefficient (Wildman–Crippen LogP) is 2.73. The molecule has 1 heterocycles. The van der Waals surface area contributed by atoms with Crippen LogP contribution in [0.25, 0.3) is 11.4 Å². The van der Waals surface area contributed by atoms with Crippen LogP contribution in [-0.2, 0) is 0 Å². The Kier molecular flexibility index (Phi) is 5.33. The van der Waals surface area contributed by atoms with Gasteiger partial charge in [-0.2, -0.15) is 4.98 Å². The quantitative estimate of drug-likeness (QED) is 0.889. The highest BCUT2D eigenvalue weighted by Crippen LogP contribution is 2.21. The highest BCUT2D eigenvalue weighted by Gasteiger charge is 2.09. The molecule has 118 valence electrons. The van der Waals surface area contributed by atoms with E-state index in [1.807, 2.05) is 27.1 Å². The molecular formula is C17H23N3O2. The van der Waals surface area contributed by atoms with Gasteiger partial charge in [0.15, 0.2) is 5.82 Å². The van der Waals surface area contributed by atoms with Crippen molar-refractivity contribution in [3.63, 3.8) is 0 Å². The molecule has 2 aromatic rings. The van der Waals surface area contributed by atoms with Gasteiger partial charge in [0.1, 0.15) is 5.75 Å². The van der Waals surface area contributed by atoms with E-state index in [-0.39, 0.29) is 5.75 Å². The Morgan fingerprint density at radius 3 is 2.50 bits per heavy atom. The van der Waals surface area contributed by atoms with E-state index in [2.05, 4.69) is 21.8 Å². The molecule has 1 N–H and O–H groups in total. The van der Waals surface area contributed by atoms with Gasteiger partial charge in [0, 0.05) is 29.8 Å². The van der Waals surface area contributed by atoms with E-state index >= 15 is 0 Å². The van der Waals surface area contributed by atoms with Crippen LogP contribution in [0.1, 0.15) is 12.6 Å². The summed E-state index contributed by atoms with van der Waals surface area (Å²) in [5.41, 5.74) is 1.71. The van der Waals surface area contributed by atoms with Gasteiger partial charge in [-0.15, -0.1) is 0 Å². The Balaban J connectivity index is 2.11. The first-order valence-electron chi connectivity index (χ1n) is 7.36. The molecule has 2 rings (SSSR count). The van der Waals surface area contributed by atoms with Gasteiger partial charge in [-0.1, -0.05) is 6.92 Å². The van der Waals surface area contributed by atoms with E-state index in [0.717, 1.165) is 17.8 Å². The van der Waals surface area contributed by atoms with E-state index in [1.165, 1.54) is 0 Å². The fourth-order valence-electron chi connectivity index (χ4n) is 2.26. The lowest BCUT2D eigenvalue weighted by atomic mass is 10.2. The smallest absolute Gasteiger partial charge is 0.217 e. The van der Waals surface area contributed by atoms with Gasteiger partial charge in [-0.3, -0.25) is 0 Å². The summed E-state index contributed by atoms with van der Waals surface area (Å²) in [5, 5.41) is 9.36. The number of aryl methyl sites for hydroxylation is 1. The van der Waals surface area contributed by atoms with E-state index in [1.54, 1.807) is 24.3 Å². The van der Waals surface area contributed by atoms with Crippen LogP contribution in [0.2, 0.25) is 0 Å². The molecule has 1 aromatic heterocycles. The minimum absolute atomic E-state index is 0.227. The number of nitrogens with zero attached hydrogens (tertiary/aromatic N) is 3. The molecule has 0 radical (unpaired) electrons. The average Bonchev–Trinajstić information content (AvgIpc) is 2.44. The second-order valence-electron chi connectivity index (χ2n) is 5.90. The average molecular weight is 301 g/mol. The first-order chi connectivity index (χ1) is 10.4. The number of rotatable bonds is 6. The van der Waals surface area contributed by atoms with Gasteiger partial charge >= 0.3 is 0 Å². The van der Waals surface area contributed by atoms with Crippen LogP contribution in [0.4, 0.5) is 0 Å². The molecule has 0 spiro atoms. The summed E-state index contributed by atoms with van der Waals surface area (Å²) in [7, 11) is 4.10. The second kappa shape index (κ2) is 7.22. The topological polar surface area (TPSA) is 58.5 Å². The molecule has 1 unspecified atom stereocenters. The highest BCUT2D eigenvalue weighted by molar-refractivity contribution is 5.56. The Morgan fingerprint density at radius 1 is 1.18 bits per heavy atom. The van der Waals surface area contributed by atoms with Gasteiger partial charge in [-0.05, 0) is 45.3 Å². The molecule has 22 heavy (non-hydrogen) atoms. The fourth-order valence-corrected chi connectivity index (χ4v) is 2.26. The Morgan fingerprint density at radius 2 is 1.86 bits per heavy atom. The Hall–Kier alpha value is -2.14. The normalized spacial score (nSPS) is 12.4. The van der Waals surface area contributed by atoms with Crippen LogP contribution < -0.4 is 4.74 Å². The van der Waals surface area contributed by atoms with Crippen LogP contribution in [-0.4, -0.2) is 47.2 Å². The third kappa shape index (κ3) is 4.70. The van der Waals surface area contributed by atoms with Crippen molar-refractivity contribution in [1.82, 2.24) is 14.9 Å². The molecule has 5 heteroatoms. The summed E-state index contributed by atoms with van der Waals surface area (Å²) in [6, 6.07) is 8.68. The maximum absolute atomic E-state index is 9.36. The molecule has 0 fully saturated rings. The van der Waals surface area contributed by atoms with Crippen molar-refractivity contribution in [2.45, 2.75) is 13.8 Å². The van der Waals surface area contributed by atoms with Crippen LogP contribution in [0.5, 0.6) is 11.6 Å². The maximum atomic E-state index is 9.36. The van der Waals surface area contributed by atoms with Crippen molar-refractivity contribution >= 4 is 0 Å². The standard InChI is InChI=1S/C17H23N3O2/c1-12(10-20(3)4)11-22-16-9-13(2)18-17(19-16)14-5-7-15(21)8-6-14/h5-9,12,21H,10-11H2,1-4H3. The van der Waals surface area contributed by atoms with Crippen molar-refractivity contribution < 1.29 is 9.84 Å². The Labute approximate surface area is 131 Å². The van der Waals surface area contributed by atoms with Crippen molar-refractivity contribution in [3.05, 3.63) is 36.0 Å². The Bertz CT molecular complexity index is 612. The molecule has 0 amide bonds. The summed E-state index contributed by atoms with van der Waals surface area (Å²) in [4.78, 5) is 11.0. The molecule has 0 aliphatic heterocycles. The number of ether oxygens (including phenoxy) is 1. The largest absolute Gasteiger partial charge is 0.508 e. The second-order valence-corrected chi connectivity index (χ2v) is 5.90. The van der Waals surface area contributed by atoms with Gasteiger partial charge in [0.25, 0.3) is 0 Å². The lowest BCUT2D eigenvalue weighted by Crippen LogP contribution is -2.24. The number of aromatic hydroxyl groups is 1. The van der Waals surface area contributed by atoms with E-state index in [0.29, 0.717) is 24.2 Å². The first kappa shape index (κ1) is 16.2. The molecule has 0 aliphatic rings. The summed E-state index contributed by atoms with van der Waals surface area (Å²) in [5.74, 6) is 1.84. The SMILES string of the molecule is Cc1cc(OCC(C)CN(C)C)nc(-c2ccc(O)cc2)n1. The van der Waals surface area contributed by atoms with Crippen LogP contribution in [0, 0.1) is 12.8 Å². The zero-order chi connectivity index (χ0) is 16.1. The highest BCUT2D eigenvalue weighted by atomic mass is 16.5. The minimum Gasteiger partial charge on any atom is -0.508 e. The molecule has 1 aromatic carbocycles. The van der Waals surface area contributed by atoms with Gasteiger partial charge in [-0.25, -0.2) is 4.98 Å². The number of phenolic OH excluding ortho intramolecular Hbond substituents is 1. The van der Waals surface area contributed by atoms with Crippen LogP contribution >= 0.6 is 0 Å². The lowest BCUT2D eigenvalue weighted by molar-refractivity contribution is 0.216. The maximum Gasteiger partial charge on any atom is 0.217 e. The van der Waals surface area contributed by atoms with E-state index in [4.69, 9.17) is 4.74 Å². The zero-order valence-corrected chi connectivity index (χ0v) is 13.6. The third-order valence-electron chi connectivity index (χ3n) is 3.15. The number of aromatic nitrogens is 2. The molecular weight excluding hydrogens is 278 g/mol. The summed E-state index contributed by atoms with van der Waals surface area (Å²) in [6.45, 7) is 5.65. The summed E-state index contributed by atoms with van der Waals surface area (Å²) in [6.07, 6.45) is 0. The van der Waals surface area contributed by atoms with Crippen molar-refractivity contribution in [3.8, 4) is 23.0 Å². The van der Waals surface area contributed by atoms with Crippen molar-refractivity contribution in [2.24, 2.45) is 5.92 Å². The van der Waals surface area contributed by atoms with Gasteiger partial charge in [0.05, 0.1) is 6.61 Å². The van der Waals surface area contributed by atoms with Crippen LogP contribution in [0.15, 0.2) is 30.3 Å². The van der Waals surface area contributed by atoms with Crippen LogP contribution in [0.3, 0.4) is 0 Å². The number of hydrogen-bond acceptors (Lipinski definition) is 5. The zero-order valence-electron chi connectivity index (χ0n) is 13.6. The summed E-state index contributed by atoms with van der Waals surface area (Å²) >= 11 is 0. The van der Waals surface area contributed by atoms with Crippen molar-refractivity contribution in [1.29, 1.82) is 0 Å². The van der Waals surface area contributed by atoms with E-state index in [9.17, 15) is 5.11 Å². The van der Waals surface area contributed by atoms with E-state index < -0.39 is 0 Å². The third-order valence-corrected chi connectivity index (χ3v) is 3.15. The molecule has 5 nitrogen and oxygen atoms in total. The molecule has 0 aliphatic carbocycles. The van der Waals surface area contributed by atoms with Gasteiger partial charge < -0.3 is 14.7 Å². The number of benzene rings is 1. The summed E-state index contributed by atoms with van der Waals surface area (Å²) < 4.78 is 5.81.